The van der Waals surface area contributed by atoms with Gasteiger partial charge in [-0.15, -0.1) is 11.3 Å². The number of nitrogens with zero attached hydrogens (tertiary/aromatic N) is 2. The van der Waals surface area contributed by atoms with Crippen LogP contribution in [0.15, 0.2) is 10.4 Å². The van der Waals surface area contributed by atoms with Gasteiger partial charge in [-0.1, -0.05) is 27.7 Å². The second kappa shape index (κ2) is 5.49. The van der Waals surface area contributed by atoms with Crippen molar-refractivity contribution in [1.29, 1.82) is 0 Å². The van der Waals surface area contributed by atoms with E-state index >= 15 is 0 Å². The second-order valence-electron chi connectivity index (χ2n) is 6.28. The summed E-state index contributed by atoms with van der Waals surface area (Å²) in [5.41, 5.74) is 1.22. The Morgan fingerprint density at radius 3 is 2.68 bits per heavy atom. The number of hydrogen-bond acceptors (Lipinski definition) is 3. The van der Waals surface area contributed by atoms with E-state index in [0.717, 1.165) is 24.1 Å². The lowest BCUT2D eigenvalue weighted by atomic mass is 9.98. The highest BCUT2D eigenvalue weighted by atomic mass is 32.1. The van der Waals surface area contributed by atoms with Crippen LogP contribution in [0.4, 0.5) is 0 Å². The van der Waals surface area contributed by atoms with Crippen LogP contribution in [0.25, 0.3) is 0 Å². The molecule has 0 spiro atoms. The Hall–Kier alpha value is -1.10. The SMILES string of the molecule is CN=C(NCc1csc(C(C)(C)C)n1)NC1CC1C. The van der Waals surface area contributed by atoms with Crippen LogP contribution in [0, 0.1) is 5.92 Å². The quantitative estimate of drug-likeness (QED) is 0.661. The maximum Gasteiger partial charge on any atom is 0.191 e. The Morgan fingerprint density at radius 2 is 2.21 bits per heavy atom. The number of rotatable bonds is 3. The van der Waals surface area contributed by atoms with Gasteiger partial charge in [-0.25, -0.2) is 4.98 Å². The molecule has 0 saturated heterocycles. The third kappa shape index (κ3) is 3.93. The van der Waals surface area contributed by atoms with Crippen molar-refractivity contribution in [1.82, 2.24) is 15.6 Å². The maximum absolute atomic E-state index is 4.67. The highest BCUT2D eigenvalue weighted by Crippen LogP contribution is 2.28. The molecule has 5 heteroatoms. The van der Waals surface area contributed by atoms with Crippen molar-refractivity contribution in [3.8, 4) is 0 Å². The molecule has 1 aliphatic rings. The number of aliphatic imine (C=N–C) groups is 1. The monoisotopic (exact) mass is 280 g/mol. The van der Waals surface area contributed by atoms with Crippen LogP contribution in [-0.2, 0) is 12.0 Å². The van der Waals surface area contributed by atoms with Crippen LogP contribution < -0.4 is 10.6 Å². The minimum atomic E-state index is 0.131. The van der Waals surface area contributed by atoms with Gasteiger partial charge in [-0.2, -0.15) is 0 Å². The molecule has 0 aliphatic heterocycles. The molecule has 1 aromatic heterocycles. The van der Waals surface area contributed by atoms with E-state index in [0.29, 0.717) is 6.04 Å². The smallest absolute Gasteiger partial charge is 0.191 e. The van der Waals surface area contributed by atoms with E-state index in [1.807, 2.05) is 7.05 Å². The first-order valence-corrected chi connectivity index (χ1v) is 7.70. The number of thiazole rings is 1. The summed E-state index contributed by atoms with van der Waals surface area (Å²) in [5, 5.41) is 10.0. The summed E-state index contributed by atoms with van der Waals surface area (Å²) < 4.78 is 0. The Kier molecular flexibility index (Phi) is 4.13. The van der Waals surface area contributed by atoms with Crippen LogP contribution in [0.5, 0.6) is 0 Å². The van der Waals surface area contributed by atoms with Gasteiger partial charge in [0.1, 0.15) is 0 Å². The normalized spacial score (nSPS) is 23.3. The average Bonchev–Trinajstić information content (AvgIpc) is 2.83. The summed E-state index contributed by atoms with van der Waals surface area (Å²) in [7, 11) is 1.81. The lowest BCUT2D eigenvalue weighted by Crippen LogP contribution is -2.38. The van der Waals surface area contributed by atoms with E-state index in [4.69, 9.17) is 0 Å². The zero-order valence-electron chi connectivity index (χ0n) is 12.4. The van der Waals surface area contributed by atoms with E-state index in [1.165, 1.54) is 11.4 Å². The van der Waals surface area contributed by atoms with E-state index in [2.05, 4.69) is 53.7 Å². The summed E-state index contributed by atoms with van der Waals surface area (Å²) in [5.74, 6) is 1.64. The van der Waals surface area contributed by atoms with E-state index < -0.39 is 0 Å². The van der Waals surface area contributed by atoms with Crippen molar-refractivity contribution in [2.45, 2.75) is 52.1 Å². The maximum atomic E-state index is 4.67. The van der Waals surface area contributed by atoms with Gasteiger partial charge in [-0.05, 0) is 12.3 Å². The molecule has 0 bridgehead atoms. The van der Waals surface area contributed by atoms with Gasteiger partial charge in [0.2, 0.25) is 0 Å². The van der Waals surface area contributed by atoms with Crippen molar-refractivity contribution in [2.75, 3.05) is 7.05 Å². The van der Waals surface area contributed by atoms with Crippen LogP contribution in [0.3, 0.4) is 0 Å². The molecule has 106 valence electrons. The van der Waals surface area contributed by atoms with Crippen LogP contribution in [0.1, 0.15) is 44.8 Å². The molecule has 19 heavy (non-hydrogen) atoms. The highest BCUT2D eigenvalue weighted by Gasteiger charge is 2.33. The molecule has 1 aliphatic carbocycles. The molecular weight excluding hydrogens is 256 g/mol. The molecule has 1 aromatic rings. The van der Waals surface area contributed by atoms with Crippen molar-refractivity contribution < 1.29 is 0 Å². The molecule has 2 N–H and O–H groups in total. The second-order valence-corrected chi connectivity index (χ2v) is 7.14. The lowest BCUT2D eigenvalue weighted by molar-refractivity contribution is 0.582. The van der Waals surface area contributed by atoms with Crippen molar-refractivity contribution in [2.24, 2.45) is 10.9 Å². The fraction of sp³-hybridized carbons (Fsp3) is 0.714. The number of hydrogen-bond donors (Lipinski definition) is 2. The molecular formula is C14H24N4S. The van der Waals surface area contributed by atoms with Crippen molar-refractivity contribution >= 4 is 17.3 Å². The van der Waals surface area contributed by atoms with E-state index in [-0.39, 0.29) is 5.41 Å². The zero-order valence-corrected chi connectivity index (χ0v) is 13.3. The molecule has 1 fully saturated rings. The van der Waals surface area contributed by atoms with Gasteiger partial charge in [0.25, 0.3) is 0 Å². The summed E-state index contributed by atoms with van der Waals surface area (Å²) in [6.07, 6.45) is 1.24. The Labute approximate surface area is 119 Å². The number of aromatic nitrogens is 1. The zero-order chi connectivity index (χ0) is 14.0. The summed E-state index contributed by atoms with van der Waals surface area (Å²) in [6.45, 7) is 9.56. The molecule has 2 atom stereocenters. The van der Waals surface area contributed by atoms with Crippen LogP contribution in [-0.4, -0.2) is 24.0 Å². The van der Waals surface area contributed by atoms with E-state index in [1.54, 1.807) is 11.3 Å². The van der Waals surface area contributed by atoms with Gasteiger partial charge < -0.3 is 10.6 Å². The predicted molar refractivity (Wildman–Crippen MR) is 81.7 cm³/mol. The standard InChI is InChI=1S/C14H24N4S/c1-9-6-11(9)18-13(15-5)16-7-10-8-19-12(17-10)14(2,3)4/h8-9,11H,6-7H2,1-5H3,(H2,15,16,18). The Bertz CT molecular complexity index is 458. The third-order valence-corrected chi connectivity index (χ3v) is 4.60. The summed E-state index contributed by atoms with van der Waals surface area (Å²) in [4.78, 5) is 8.91. The number of guanidine groups is 1. The largest absolute Gasteiger partial charge is 0.353 e. The lowest BCUT2D eigenvalue weighted by Gasteiger charge is -2.14. The van der Waals surface area contributed by atoms with Gasteiger partial charge in [0, 0.05) is 23.9 Å². The third-order valence-electron chi connectivity index (χ3n) is 3.29. The topological polar surface area (TPSA) is 49.3 Å². The predicted octanol–water partition coefficient (Wildman–Crippen LogP) is 2.51. The van der Waals surface area contributed by atoms with Crippen molar-refractivity contribution in [3.05, 3.63) is 16.1 Å². The molecule has 2 rings (SSSR count). The van der Waals surface area contributed by atoms with Gasteiger partial charge in [-0.3, -0.25) is 4.99 Å². The van der Waals surface area contributed by atoms with E-state index in [9.17, 15) is 0 Å². The Morgan fingerprint density at radius 1 is 1.53 bits per heavy atom. The molecule has 1 saturated carbocycles. The molecule has 0 aromatic carbocycles. The first-order chi connectivity index (χ1) is 8.90. The first-order valence-electron chi connectivity index (χ1n) is 6.82. The fourth-order valence-electron chi connectivity index (χ4n) is 1.80. The molecule has 0 radical (unpaired) electrons. The van der Waals surface area contributed by atoms with Gasteiger partial charge in [0.05, 0.1) is 17.2 Å². The number of nitrogens with one attached hydrogen (secondary N) is 2. The van der Waals surface area contributed by atoms with Gasteiger partial charge >= 0.3 is 0 Å². The van der Waals surface area contributed by atoms with Crippen LogP contribution in [0.2, 0.25) is 0 Å². The molecule has 1 heterocycles. The van der Waals surface area contributed by atoms with Gasteiger partial charge in [0.15, 0.2) is 5.96 Å². The fourth-order valence-corrected chi connectivity index (χ4v) is 2.71. The van der Waals surface area contributed by atoms with Crippen LogP contribution >= 0.6 is 11.3 Å². The highest BCUT2D eigenvalue weighted by molar-refractivity contribution is 7.09. The molecule has 2 unspecified atom stereocenters. The summed E-state index contributed by atoms with van der Waals surface area (Å²) in [6, 6.07) is 0.590. The molecule has 0 amide bonds. The Balaban J connectivity index is 1.85. The average molecular weight is 280 g/mol. The van der Waals surface area contributed by atoms with Crippen molar-refractivity contribution in [3.63, 3.8) is 0 Å². The first kappa shape index (κ1) is 14.3. The molecule has 4 nitrogen and oxygen atoms in total. The minimum absolute atomic E-state index is 0.131. The minimum Gasteiger partial charge on any atom is -0.353 e. The summed E-state index contributed by atoms with van der Waals surface area (Å²) >= 11 is 1.73.